The molecule has 0 radical (unpaired) electrons. The molecule has 18 heavy (non-hydrogen) atoms. The van der Waals surface area contributed by atoms with Gasteiger partial charge in [0.05, 0.1) is 11.3 Å². The molecule has 0 fully saturated rings. The Morgan fingerprint density at radius 2 is 2.00 bits per heavy atom. The van der Waals surface area contributed by atoms with Gasteiger partial charge >= 0.3 is 0 Å². The zero-order chi connectivity index (χ0) is 12.8. The van der Waals surface area contributed by atoms with E-state index in [0.29, 0.717) is 5.56 Å². The molecular weight excluding hydrogens is 290 g/mol. The lowest BCUT2D eigenvalue weighted by Gasteiger charge is -2.08. The van der Waals surface area contributed by atoms with Crippen LogP contribution in [0.2, 0.25) is 0 Å². The van der Waals surface area contributed by atoms with Crippen LogP contribution in [0.5, 0.6) is 0 Å². The number of benzene rings is 1. The van der Waals surface area contributed by atoms with Crippen molar-refractivity contribution in [3.05, 3.63) is 58.3 Å². The summed E-state index contributed by atoms with van der Waals surface area (Å²) in [7, 11) is 0. The van der Waals surface area contributed by atoms with E-state index in [1.807, 2.05) is 24.3 Å². The smallest absolute Gasteiger partial charge is 0.101 e. The Balaban J connectivity index is 1.98. The third kappa shape index (κ3) is 3.31. The maximum Gasteiger partial charge on any atom is 0.101 e. The highest BCUT2D eigenvalue weighted by molar-refractivity contribution is 9.10. The molecule has 0 aliphatic rings. The highest BCUT2D eigenvalue weighted by atomic mass is 79.9. The predicted octanol–water partition coefficient (Wildman–Crippen LogP) is 3.37. The molecule has 90 valence electrons. The summed E-state index contributed by atoms with van der Waals surface area (Å²) in [5, 5.41) is 12.3. The molecule has 0 atom stereocenters. The molecule has 0 saturated heterocycles. The molecule has 0 aliphatic carbocycles. The number of nitrogens with zero attached hydrogens (tertiary/aromatic N) is 2. The monoisotopic (exact) mass is 301 g/mol. The molecule has 0 aliphatic heterocycles. The molecule has 0 spiro atoms. The van der Waals surface area contributed by atoms with Gasteiger partial charge in [0.15, 0.2) is 0 Å². The molecular formula is C14H12BrN3. The van der Waals surface area contributed by atoms with Gasteiger partial charge in [0.25, 0.3) is 0 Å². The number of aromatic nitrogens is 1. The summed E-state index contributed by atoms with van der Waals surface area (Å²) in [4.78, 5) is 3.98. The zero-order valence-electron chi connectivity index (χ0n) is 9.73. The van der Waals surface area contributed by atoms with Gasteiger partial charge in [0.2, 0.25) is 0 Å². The van der Waals surface area contributed by atoms with Crippen LogP contribution < -0.4 is 5.32 Å². The predicted molar refractivity (Wildman–Crippen MR) is 75.3 cm³/mol. The topological polar surface area (TPSA) is 48.7 Å². The van der Waals surface area contributed by atoms with Gasteiger partial charge in [-0.2, -0.15) is 5.26 Å². The van der Waals surface area contributed by atoms with Gasteiger partial charge in [-0.05, 0) is 42.3 Å². The average molecular weight is 302 g/mol. The number of nitrogens with one attached hydrogen (secondary N) is 1. The molecule has 1 aromatic heterocycles. The van der Waals surface area contributed by atoms with E-state index in [4.69, 9.17) is 5.26 Å². The minimum atomic E-state index is 0.660. The van der Waals surface area contributed by atoms with Gasteiger partial charge in [-0.3, -0.25) is 4.98 Å². The van der Waals surface area contributed by atoms with Crippen LogP contribution in [-0.2, 0) is 6.42 Å². The number of pyridine rings is 1. The molecule has 0 unspecified atom stereocenters. The summed E-state index contributed by atoms with van der Waals surface area (Å²) in [6, 6.07) is 11.8. The van der Waals surface area contributed by atoms with Crippen molar-refractivity contribution >= 4 is 21.6 Å². The van der Waals surface area contributed by atoms with Crippen molar-refractivity contribution in [1.82, 2.24) is 4.98 Å². The van der Waals surface area contributed by atoms with Crippen LogP contribution in [0.3, 0.4) is 0 Å². The van der Waals surface area contributed by atoms with Crippen LogP contribution in [0.15, 0.2) is 47.2 Å². The van der Waals surface area contributed by atoms with E-state index in [-0.39, 0.29) is 0 Å². The normalized spacial score (nSPS) is 9.78. The van der Waals surface area contributed by atoms with Gasteiger partial charge in [0, 0.05) is 23.4 Å². The van der Waals surface area contributed by atoms with E-state index in [1.165, 1.54) is 5.56 Å². The third-order valence-corrected chi connectivity index (χ3v) is 3.07. The van der Waals surface area contributed by atoms with Crippen molar-refractivity contribution in [2.24, 2.45) is 0 Å². The van der Waals surface area contributed by atoms with E-state index in [9.17, 15) is 0 Å². The summed E-state index contributed by atoms with van der Waals surface area (Å²) < 4.78 is 0.966. The largest absolute Gasteiger partial charge is 0.384 e. The number of rotatable bonds is 4. The maximum atomic E-state index is 9.01. The Bertz CT molecular complexity index is 561. The van der Waals surface area contributed by atoms with Gasteiger partial charge in [0.1, 0.15) is 6.07 Å². The number of hydrogen-bond donors (Lipinski definition) is 1. The molecule has 3 nitrogen and oxygen atoms in total. The van der Waals surface area contributed by atoms with E-state index in [1.54, 1.807) is 18.5 Å². The fraction of sp³-hybridized carbons (Fsp3) is 0.143. The molecule has 0 bridgehead atoms. The summed E-state index contributed by atoms with van der Waals surface area (Å²) in [5.74, 6) is 0. The van der Waals surface area contributed by atoms with Crippen molar-refractivity contribution in [3.8, 4) is 6.07 Å². The quantitative estimate of drug-likeness (QED) is 0.942. The highest BCUT2D eigenvalue weighted by Gasteiger charge is 2.02. The van der Waals surface area contributed by atoms with Crippen molar-refractivity contribution in [3.63, 3.8) is 0 Å². The Morgan fingerprint density at radius 3 is 2.72 bits per heavy atom. The highest BCUT2D eigenvalue weighted by Crippen LogP contribution is 2.20. The number of hydrogen-bond acceptors (Lipinski definition) is 3. The van der Waals surface area contributed by atoms with Crippen molar-refractivity contribution < 1.29 is 0 Å². The van der Waals surface area contributed by atoms with Crippen molar-refractivity contribution in [1.29, 1.82) is 5.26 Å². The zero-order valence-corrected chi connectivity index (χ0v) is 11.3. The second-order valence-electron chi connectivity index (χ2n) is 3.83. The lowest BCUT2D eigenvalue weighted by molar-refractivity contribution is 1.01. The maximum absolute atomic E-state index is 9.01. The van der Waals surface area contributed by atoms with E-state index in [2.05, 4.69) is 32.3 Å². The first-order valence-corrected chi connectivity index (χ1v) is 6.41. The fourth-order valence-corrected chi connectivity index (χ4v) is 2.01. The van der Waals surface area contributed by atoms with E-state index >= 15 is 0 Å². The SMILES string of the molecule is N#Cc1ccc(Br)cc1NCCc1ccncc1. The van der Waals surface area contributed by atoms with Crippen LogP contribution in [-0.4, -0.2) is 11.5 Å². The van der Waals surface area contributed by atoms with Crippen LogP contribution in [0.25, 0.3) is 0 Å². The van der Waals surface area contributed by atoms with Gasteiger partial charge in [-0.25, -0.2) is 0 Å². The first-order chi connectivity index (χ1) is 8.79. The second-order valence-corrected chi connectivity index (χ2v) is 4.75. The molecule has 2 rings (SSSR count). The molecule has 4 heteroatoms. The van der Waals surface area contributed by atoms with E-state index < -0.39 is 0 Å². The summed E-state index contributed by atoms with van der Waals surface area (Å²) in [6.45, 7) is 0.787. The first kappa shape index (κ1) is 12.6. The lowest BCUT2D eigenvalue weighted by Crippen LogP contribution is -2.06. The molecule has 1 aromatic carbocycles. The minimum Gasteiger partial charge on any atom is -0.384 e. The van der Waals surface area contributed by atoms with Gasteiger partial charge < -0.3 is 5.32 Å². The number of anilines is 1. The number of halogens is 1. The molecule has 0 amide bonds. The molecule has 1 heterocycles. The van der Waals surface area contributed by atoms with Gasteiger partial charge in [-0.1, -0.05) is 15.9 Å². The van der Waals surface area contributed by atoms with Crippen LogP contribution in [0, 0.1) is 11.3 Å². The Hall–Kier alpha value is -1.86. The summed E-state index contributed by atoms with van der Waals surface area (Å²) in [5.41, 5.74) is 2.75. The Kier molecular flexibility index (Phi) is 4.32. The summed E-state index contributed by atoms with van der Waals surface area (Å²) >= 11 is 3.40. The average Bonchev–Trinajstić information content (AvgIpc) is 2.40. The fourth-order valence-electron chi connectivity index (χ4n) is 1.65. The Labute approximate surface area is 115 Å². The lowest BCUT2D eigenvalue weighted by atomic mass is 10.1. The second kappa shape index (κ2) is 6.18. The van der Waals surface area contributed by atoms with Crippen LogP contribution in [0.4, 0.5) is 5.69 Å². The Morgan fingerprint density at radius 1 is 1.22 bits per heavy atom. The van der Waals surface area contributed by atoms with E-state index in [0.717, 1.165) is 23.1 Å². The first-order valence-electron chi connectivity index (χ1n) is 5.62. The van der Waals surface area contributed by atoms with Gasteiger partial charge in [-0.15, -0.1) is 0 Å². The number of nitriles is 1. The summed E-state index contributed by atoms with van der Waals surface area (Å²) in [6.07, 6.45) is 4.48. The third-order valence-electron chi connectivity index (χ3n) is 2.58. The molecule has 1 N–H and O–H groups in total. The minimum absolute atomic E-state index is 0.660. The molecule has 2 aromatic rings. The standard InChI is InChI=1S/C14H12BrN3/c15-13-2-1-12(10-16)14(9-13)18-8-5-11-3-6-17-7-4-11/h1-4,6-7,9,18H,5,8H2. The van der Waals surface area contributed by atoms with Crippen LogP contribution >= 0.6 is 15.9 Å². The van der Waals surface area contributed by atoms with Crippen LogP contribution in [0.1, 0.15) is 11.1 Å². The van der Waals surface area contributed by atoms with Crippen molar-refractivity contribution in [2.75, 3.05) is 11.9 Å². The molecule has 0 saturated carbocycles. The van der Waals surface area contributed by atoms with Crippen molar-refractivity contribution in [2.45, 2.75) is 6.42 Å².